The molecule has 3 rings (SSSR count). The molecule has 0 fully saturated rings. The van der Waals surface area contributed by atoms with Crippen molar-refractivity contribution in [1.82, 2.24) is 0 Å². The van der Waals surface area contributed by atoms with Crippen LogP contribution in [0.2, 0.25) is 10.0 Å². The smallest absolute Gasteiger partial charge is 0.339 e. The van der Waals surface area contributed by atoms with Gasteiger partial charge in [-0.25, -0.2) is 4.79 Å². The van der Waals surface area contributed by atoms with Crippen molar-refractivity contribution >= 4 is 35.0 Å². The number of benzene rings is 3. The SMILES string of the molecule is O=C(OC(C(=O)c1ccccc1)c1ccccc1)c1ccc(Cl)c(Cl)c1. The Morgan fingerprint density at radius 1 is 0.731 bits per heavy atom. The van der Waals surface area contributed by atoms with Crippen molar-refractivity contribution in [3.05, 3.63) is 106 Å². The first-order valence-corrected chi connectivity index (χ1v) is 8.62. The van der Waals surface area contributed by atoms with Crippen LogP contribution < -0.4 is 0 Å². The van der Waals surface area contributed by atoms with Gasteiger partial charge in [-0.2, -0.15) is 0 Å². The molecule has 0 aliphatic rings. The predicted molar refractivity (Wildman–Crippen MR) is 102 cm³/mol. The molecule has 0 aliphatic carbocycles. The van der Waals surface area contributed by atoms with E-state index in [2.05, 4.69) is 0 Å². The number of hydrogen-bond donors (Lipinski definition) is 0. The van der Waals surface area contributed by atoms with Crippen molar-refractivity contribution in [1.29, 1.82) is 0 Å². The van der Waals surface area contributed by atoms with Crippen LogP contribution in [0.25, 0.3) is 0 Å². The van der Waals surface area contributed by atoms with E-state index < -0.39 is 12.1 Å². The second-order valence-electron chi connectivity index (χ2n) is 5.56. The molecular formula is C21H14Cl2O3. The van der Waals surface area contributed by atoms with Gasteiger partial charge < -0.3 is 4.74 Å². The van der Waals surface area contributed by atoms with Crippen molar-refractivity contribution in [3.8, 4) is 0 Å². The van der Waals surface area contributed by atoms with Gasteiger partial charge in [0, 0.05) is 11.1 Å². The molecule has 1 unspecified atom stereocenters. The second kappa shape index (κ2) is 8.17. The molecule has 0 aromatic heterocycles. The van der Waals surface area contributed by atoms with Gasteiger partial charge in [0.05, 0.1) is 15.6 Å². The first-order valence-electron chi connectivity index (χ1n) is 7.86. The molecule has 3 nitrogen and oxygen atoms in total. The molecule has 0 bridgehead atoms. The summed E-state index contributed by atoms with van der Waals surface area (Å²) in [6, 6.07) is 22.0. The molecule has 3 aromatic carbocycles. The number of esters is 1. The van der Waals surface area contributed by atoms with E-state index in [-0.39, 0.29) is 16.4 Å². The Hall–Kier alpha value is -2.62. The number of Topliss-reactive ketones (excluding diaryl/α,β-unsaturated/α-hetero) is 1. The molecule has 0 heterocycles. The lowest BCUT2D eigenvalue weighted by molar-refractivity contribution is 0.0280. The van der Waals surface area contributed by atoms with Gasteiger partial charge in [-0.15, -0.1) is 0 Å². The molecule has 0 amide bonds. The highest BCUT2D eigenvalue weighted by molar-refractivity contribution is 6.42. The Kier molecular flexibility index (Phi) is 5.71. The maximum Gasteiger partial charge on any atom is 0.339 e. The van der Waals surface area contributed by atoms with Gasteiger partial charge in [0.1, 0.15) is 0 Å². The van der Waals surface area contributed by atoms with Crippen molar-refractivity contribution in [2.75, 3.05) is 0 Å². The van der Waals surface area contributed by atoms with Crippen LogP contribution >= 0.6 is 23.2 Å². The Morgan fingerprint density at radius 3 is 1.96 bits per heavy atom. The van der Waals surface area contributed by atoms with Gasteiger partial charge in [-0.05, 0) is 18.2 Å². The number of ketones is 1. The fourth-order valence-electron chi connectivity index (χ4n) is 2.45. The molecule has 0 saturated carbocycles. The van der Waals surface area contributed by atoms with Crippen LogP contribution in [0.15, 0.2) is 78.9 Å². The van der Waals surface area contributed by atoms with Gasteiger partial charge in [-0.3, -0.25) is 4.79 Å². The summed E-state index contributed by atoms with van der Waals surface area (Å²) in [5, 5.41) is 0.579. The summed E-state index contributed by atoms with van der Waals surface area (Å²) in [6.07, 6.45) is -1.06. The highest BCUT2D eigenvalue weighted by Crippen LogP contribution is 2.26. The third-order valence-electron chi connectivity index (χ3n) is 3.78. The first kappa shape index (κ1) is 18.2. The average Bonchev–Trinajstić information content (AvgIpc) is 2.69. The van der Waals surface area contributed by atoms with Crippen LogP contribution in [0.3, 0.4) is 0 Å². The molecule has 0 spiro atoms. The van der Waals surface area contributed by atoms with E-state index in [1.54, 1.807) is 48.5 Å². The topological polar surface area (TPSA) is 43.4 Å². The number of carbonyl (C=O) groups is 2. The molecule has 1 atom stereocenters. The zero-order chi connectivity index (χ0) is 18.5. The number of rotatable bonds is 5. The van der Waals surface area contributed by atoms with E-state index in [0.717, 1.165) is 0 Å². The molecule has 130 valence electrons. The summed E-state index contributed by atoms with van der Waals surface area (Å²) < 4.78 is 5.54. The molecule has 0 saturated heterocycles. The maximum atomic E-state index is 12.9. The van der Waals surface area contributed by atoms with E-state index >= 15 is 0 Å². The lowest BCUT2D eigenvalue weighted by Crippen LogP contribution is -2.20. The molecule has 0 N–H and O–H groups in total. The van der Waals surface area contributed by atoms with E-state index in [1.165, 1.54) is 18.2 Å². The summed E-state index contributed by atoms with van der Waals surface area (Å²) in [7, 11) is 0. The predicted octanol–water partition coefficient (Wildman–Crippen LogP) is 5.77. The lowest BCUT2D eigenvalue weighted by atomic mass is 10.00. The van der Waals surface area contributed by atoms with Gasteiger partial charge in [0.25, 0.3) is 0 Å². The van der Waals surface area contributed by atoms with Crippen LogP contribution in [0.4, 0.5) is 0 Å². The Balaban J connectivity index is 1.92. The zero-order valence-electron chi connectivity index (χ0n) is 13.6. The monoisotopic (exact) mass is 384 g/mol. The molecule has 0 aliphatic heterocycles. The molecular weight excluding hydrogens is 371 g/mol. The Morgan fingerprint density at radius 2 is 1.35 bits per heavy atom. The van der Waals surface area contributed by atoms with Gasteiger partial charge in [-0.1, -0.05) is 83.9 Å². The zero-order valence-corrected chi connectivity index (χ0v) is 15.1. The van der Waals surface area contributed by atoms with Gasteiger partial charge >= 0.3 is 5.97 Å². The van der Waals surface area contributed by atoms with Crippen molar-refractivity contribution in [3.63, 3.8) is 0 Å². The van der Waals surface area contributed by atoms with Crippen molar-refractivity contribution in [2.24, 2.45) is 0 Å². The van der Waals surface area contributed by atoms with Gasteiger partial charge in [0.15, 0.2) is 6.10 Å². The first-order chi connectivity index (χ1) is 12.6. The van der Waals surface area contributed by atoms with Crippen molar-refractivity contribution < 1.29 is 14.3 Å². The third-order valence-corrected chi connectivity index (χ3v) is 4.52. The minimum absolute atomic E-state index is 0.223. The average molecular weight is 385 g/mol. The van der Waals surface area contributed by atoms with E-state index in [9.17, 15) is 9.59 Å². The van der Waals surface area contributed by atoms with Gasteiger partial charge in [0.2, 0.25) is 5.78 Å². The second-order valence-corrected chi connectivity index (χ2v) is 6.37. The fraction of sp³-hybridized carbons (Fsp3) is 0.0476. The summed E-state index contributed by atoms with van der Waals surface area (Å²) in [4.78, 5) is 25.5. The maximum absolute atomic E-state index is 12.9. The van der Waals surface area contributed by atoms with E-state index in [0.29, 0.717) is 16.1 Å². The molecule has 3 aromatic rings. The number of halogens is 2. The molecule has 5 heteroatoms. The quantitative estimate of drug-likeness (QED) is 0.413. The van der Waals surface area contributed by atoms with E-state index in [4.69, 9.17) is 27.9 Å². The van der Waals surface area contributed by atoms with Crippen LogP contribution in [-0.4, -0.2) is 11.8 Å². The van der Waals surface area contributed by atoms with Crippen LogP contribution in [0, 0.1) is 0 Å². The number of hydrogen-bond acceptors (Lipinski definition) is 3. The third kappa shape index (κ3) is 4.13. The standard InChI is InChI=1S/C21H14Cl2O3/c22-17-12-11-16(13-18(17)23)21(25)26-20(15-9-5-2-6-10-15)19(24)14-7-3-1-4-8-14/h1-13,20H. The Bertz CT molecular complexity index is 925. The largest absolute Gasteiger partial charge is 0.445 e. The lowest BCUT2D eigenvalue weighted by Gasteiger charge is -2.17. The summed E-state index contributed by atoms with van der Waals surface area (Å²) in [5.74, 6) is -0.952. The van der Waals surface area contributed by atoms with E-state index in [1.807, 2.05) is 12.1 Å². The molecule has 26 heavy (non-hydrogen) atoms. The summed E-state index contributed by atoms with van der Waals surface area (Å²) in [6.45, 7) is 0. The number of ether oxygens (including phenoxy) is 1. The molecule has 0 radical (unpaired) electrons. The minimum atomic E-state index is -1.06. The normalized spacial score (nSPS) is 11.6. The van der Waals surface area contributed by atoms with Crippen LogP contribution in [0.1, 0.15) is 32.4 Å². The highest BCUT2D eigenvalue weighted by Gasteiger charge is 2.26. The summed E-state index contributed by atoms with van der Waals surface area (Å²) >= 11 is 11.8. The van der Waals surface area contributed by atoms with Crippen LogP contribution in [-0.2, 0) is 4.74 Å². The Labute approximate surface area is 161 Å². The summed E-state index contributed by atoms with van der Waals surface area (Å²) in [5.41, 5.74) is 1.28. The van der Waals surface area contributed by atoms with Crippen LogP contribution in [0.5, 0.6) is 0 Å². The van der Waals surface area contributed by atoms with Crippen molar-refractivity contribution in [2.45, 2.75) is 6.10 Å². The number of carbonyl (C=O) groups excluding carboxylic acids is 2. The minimum Gasteiger partial charge on any atom is -0.445 e. The highest BCUT2D eigenvalue weighted by atomic mass is 35.5. The fourth-order valence-corrected chi connectivity index (χ4v) is 2.75.